The molecule has 2 N–H and O–H groups in total. The molecule has 0 spiro atoms. The monoisotopic (exact) mass is 304 g/mol. The molecule has 0 aromatic carbocycles. The lowest BCUT2D eigenvalue weighted by molar-refractivity contribution is -0.117. The third-order valence-electron chi connectivity index (χ3n) is 4.30. The Morgan fingerprint density at radius 3 is 2.45 bits per heavy atom. The van der Waals surface area contributed by atoms with Crippen LogP contribution in [0.15, 0.2) is 12.4 Å². The maximum atomic E-state index is 12.2. The Bertz CT molecular complexity index is 486. The Hall–Kier alpha value is -1.49. The van der Waals surface area contributed by atoms with Gasteiger partial charge in [0.2, 0.25) is 5.91 Å². The van der Waals surface area contributed by atoms with Gasteiger partial charge in [0.15, 0.2) is 0 Å². The molecule has 1 unspecified atom stereocenters. The number of carbonyl (C=O) groups excluding carboxylic acids is 1. The van der Waals surface area contributed by atoms with Crippen molar-refractivity contribution in [3.63, 3.8) is 0 Å². The lowest BCUT2D eigenvalue weighted by atomic mass is 9.84. The van der Waals surface area contributed by atoms with Gasteiger partial charge in [-0.1, -0.05) is 27.7 Å². The molecule has 1 aliphatic heterocycles. The Kier molecular flexibility index (Phi) is 5.51. The van der Waals surface area contributed by atoms with Crippen molar-refractivity contribution in [2.45, 2.75) is 52.4 Å². The molecule has 1 aliphatic rings. The van der Waals surface area contributed by atoms with Crippen LogP contribution in [0.1, 0.15) is 52.8 Å². The number of hydrogen-bond donors (Lipinski definition) is 2. The molecule has 1 atom stereocenters. The second-order valence-corrected chi connectivity index (χ2v) is 7.36. The number of aromatic nitrogens is 2. The van der Waals surface area contributed by atoms with Crippen LogP contribution in [-0.4, -0.2) is 29.0 Å². The van der Waals surface area contributed by atoms with Gasteiger partial charge < -0.3 is 10.6 Å². The van der Waals surface area contributed by atoms with Crippen molar-refractivity contribution in [2.24, 2.45) is 11.8 Å². The highest BCUT2D eigenvalue weighted by molar-refractivity contribution is 5.90. The fourth-order valence-corrected chi connectivity index (χ4v) is 2.86. The van der Waals surface area contributed by atoms with E-state index in [-0.39, 0.29) is 11.3 Å². The molecule has 1 fully saturated rings. The predicted octanol–water partition coefficient (Wildman–Crippen LogP) is 2.74. The molecular weight excluding hydrogens is 276 g/mol. The molecule has 1 aromatic rings. The molecule has 0 saturated carbocycles. The molecule has 1 aromatic heterocycles. The summed E-state index contributed by atoms with van der Waals surface area (Å²) < 4.78 is 0. The van der Waals surface area contributed by atoms with Crippen molar-refractivity contribution in [3.8, 4) is 0 Å². The Labute approximate surface area is 133 Å². The van der Waals surface area contributed by atoms with E-state index in [1.54, 1.807) is 12.4 Å². The van der Waals surface area contributed by atoms with E-state index in [9.17, 15) is 4.79 Å². The van der Waals surface area contributed by atoms with Gasteiger partial charge in [-0.05, 0) is 37.8 Å². The van der Waals surface area contributed by atoms with Crippen molar-refractivity contribution in [2.75, 3.05) is 18.4 Å². The minimum Gasteiger partial charge on any atom is -0.323 e. The number of anilines is 1. The number of carbonyl (C=O) groups is 1. The van der Waals surface area contributed by atoms with E-state index in [2.05, 4.69) is 48.3 Å². The van der Waals surface area contributed by atoms with Crippen LogP contribution < -0.4 is 10.6 Å². The molecule has 0 radical (unpaired) electrons. The first-order valence-electron chi connectivity index (χ1n) is 8.19. The fourth-order valence-electron chi connectivity index (χ4n) is 2.86. The molecule has 1 amide bonds. The van der Waals surface area contributed by atoms with Crippen molar-refractivity contribution in [1.29, 1.82) is 0 Å². The van der Waals surface area contributed by atoms with Gasteiger partial charge in [-0.2, -0.15) is 0 Å². The van der Waals surface area contributed by atoms with Crippen molar-refractivity contribution >= 4 is 11.6 Å². The van der Waals surface area contributed by atoms with E-state index in [1.165, 1.54) is 0 Å². The second kappa shape index (κ2) is 7.18. The second-order valence-electron chi connectivity index (χ2n) is 7.36. The Morgan fingerprint density at radius 2 is 1.91 bits per heavy atom. The average Bonchev–Trinajstić information content (AvgIpc) is 2.47. The number of hydrogen-bond acceptors (Lipinski definition) is 4. The van der Waals surface area contributed by atoms with Crippen LogP contribution in [0.5, 0.6) is 0 Å². The molecule has 122 valence electrons. The zero-order chi connectivity index (χ0) is 16.2. The number of nitrogens with zero attached hydrogens (tertiary/aromatic N) is 2. The minimum absolute atomic E-state index is 0.0538. The van der Waals surface area contributed by atoms with Gasteiger partial charge in [0, 0.05) is 11.8 Å². The van der Waals surface area contributed by atoms with Crippen LogP contribution in [0.3, 0.4) is 0 Å². The summed E-state index contributed by atoms with van der Waals surface area (Å²) >= 11 is 0. The summed E-state index contributed by atoms with van der Waals surface area (Å²) in [7, 11) is 0. The predicted molar refractivity (Wildman–Crippen MR) is 88.7 cm³/mol. The van der Waals surface area contributed by atoms with E-state index in [4.69, 9.17) is 0 Å². The standard InChI is InChI=1S/C17H28N4O/c1-12(13-5-7-18-8-6-13)9-15(22)21-14-10-19-16(20-11-14)17(2,3)4/h10-13,18H,5-9H2,1-4H3,(H,21,22). The van der Waals surface area contributed by atoms with Gasteiger partial charge in [-0.25, -0.2) is 9.97 Å². The van der Waals surface area contributed by atoms with Gasteiger partial charge in [-0.3, -0.25) is 4.79 Å². The molecule has 2 heterocycles. The first kappa shape index (κ1) is 16.9. The first-order chi connectivity index (χ1) is 10.4. The highest BCUT2D eigenvalue weighted by atomic mass is 16.1. The minimum atomic E-state index is -0.0773. The van der Waals surface area contributed by atoms with Crippen LogP contribution in [0.2, 0.25) is 0 Å². The molecule has 2 rings (SSSR count). The maximum absolute atomic E-state index is 12.2. The zero-order valence-corrected chi connectivity index (χ0v) is 14.1. The van der Waals surface area contributed by atoms with Crippen LogP contribution in [0.25, 0.3) is 0 Å². The third-order valence-corrected chi connectivity index (χ3v) is 4.30. The molecule has 1 saturated heterocycles. The van der Waals surface area contributed by atoms with Crippen LogP contribution in [-0.2, 0) is 10.2 Å². The largest absolute Gasteiger partial charge is 0.323 e. The zero-order valence-electron chi connectivity index (χ0n) is 14.1. The third kappa shape index (κ3) is 4.77. The van der Waals surface area contributed by atoms with Gasteiger partial charge in [0.05, 0.1) is 18.1 Å². The summed E-state index contributed by atoms with van der Waals surface area (Å²) in [6.45, 7) is 10.5. The van der Waals surface area contributed by atoms with E-state index in [0.29, 0.717) is 23.9 Å². The molecule has 5 heteroatoms. The van der Waals surface area contributed by atoms with E-state index >= 15 is 0 Å². The lowest BCUT2D eigenvalue weighted by Gasteiger charge is -2.27. The Balaban J connectivity index is 1.86. The highest BCUT2D eigenvalue weighted by Crippen LogP contribution is 2.24. The van der Waals surface area contributed by atoms with Gasteiger partial charge in [0.25, 0.3) is 0 Å². The SMILES string of the molecule is CC(CC(=O)Nc1cnc(C(C)(C)C)nc1)C1CCNCC1. The number of nitrogens with one attached hydrogen (secondary N) is 2. The molecule has 0 aliphatic carbocycles. The molecule has 0 bridgehead atoms. The van der Waals surface area contributed by atoms with E-state index in [1.807, 2.05) is 0 Å². The van der Waals surface area contributed by atoms with Crippen LogP contribution in [0.4, 0.5) is 5.69 Å². The van der Waals surface area contributed by atoms with Crippen molar-refractivity contribution in [3.05, 3.63) is 18.2 Å². The lowest BCUT2D eigenvalue weighted by Crippen LogP contribution is -2.32. The van der Waals surface area contributed by atoms with Crippen LogP contribution in [0, 0.1) is 11.8 Å². The van der Waals surface area contributed by atoms with E-state index in [0.717, 1.165) is 31.8 Å². The van der Waals surface area contributed by atoms with Gasteiger partial charge >= 0.3 is 0 Å². The summed E-state index contributed by atoms with van der Waals surface area (Å²) in [4.78, 5) is 20.8. The number of amides is 1. The summed E-state index contributed by atoms with van der Waals surface area (Å²) in [6, 6.07) is 0. The molecule has 5 nitrogen and oxygen atoms in total. The maximum Gasteiger partial charge on any atom is 0.224 e. The quantitative estimate of drug-likeness (QED) is 0.897. The molecular formula is C17H28N4O. The summed E-state index contributed by atoms with van der Waals surface area (Å²) in [5, 5.41) is 6.27. The topological polar surface area (TPSA) is 66.9 Å². The average molecular weight is 304 g/mol. The fraction of sp³-hybridized carbons (Fsp3) is 0.706. The Morgan fingerprint density at radius 1 is 1.32 bits per heavy atom. The summed E-state index contributed by atoms with van der Waals surface area (Å²) in [6.07, 6.45) is 6.28. The van der Waals surface area contributed by atoms with Gasteiger partial charge in [-0.15, -0.1) is 0 Å². The van der Waals surface area contributed by atoms with Crippen molar-refractivity contribution in [1.82, 2.24) is 15.3 Å². The first-order valence-corrected chi connectivity index (χ1v) is 8.19. The normalized spacial score (nSPS) is 18.0. The summed E-state index contributed by atoms with van der Waals surface area (Å²) in [5.41, 5.74) is 0.599. The van der Waals surface area contributed by atoms with Gasteiger partial charge in [0.1, 0.15) is 5.82 Å². The van der Waals surface area contributed by atoms with Crippen LogP contribution >= 0.6 is 0 Å². The summed E-state index contributed by atoms with van der Waals surface area (Å²) in [5.74, 6) is 1.90. The highest BCUT2D eigenvalue weighted by Gasteiger charge is 2.22. The van der Waals surface area contributed by atoms with E-state index < -0.39 is 0 Å². The number of piperidine rings is 1. The molecule has 22 heavy (non-hydrogen) atoms. The number of rotatable bonds is 4. The smallest absolute Gasteiger partial charge is 0.224 e. The van der Waals surface area contributed by atoms with Crippen molar-refractivity contribution < 1.29 is 4.79 Å².